The highest BCUT2D eigenvalue weighted by Gasteiger charge is 2.30. The molecule has 1 aliphatic heterocycles. The summed E-state index contributed by atoms with van der Waals surface area (Å²) in [6.45, 7) is 6.56. The fourth-order valence-electron chi connectivity index (χ4n) is 2.00. The van der Waals surface area contributed by atoms with Gasteiger partial charge in [0.05, 0.1) is 6.61 Å². The van der Waals surface area contributed by atoms with E-state index < -0.39 is 0 Å². The molecular weight excluding hydrogens is 164 g/mol. The standard InChI is InChI=1S/C10H22N2O/c1-10(2)5-3-4-6-12(10)7-9(11)8-13/h9,13H,3-8,11H2,1-2H3. The molecule has 3 nitrogen and oxygen atoms in total. The van der Waals surface area contributed by atoms with Gasteiger partial charge in [-0.25, -0.2) is 0 Å². The molecular formula is C10H22N2O. The topological polar surface area (TPSA) is 49.5 Å². The highest BCUT2D eigenvalue weighted by atomic mass is 16.3. The van der Waals surface area contributed by atoms with E-state index in [2.05, 4.69) is 18.7 Å². The molecule has 1 atom stereocenters. The van der Waals surface area contributed by atoms with Crippen molar-refractivity contribution in [2.75, 3.05) is 19.7 Å². The van der Waals surface area contributed by atoms with Crippen LogP contribution < -0.4 is 5.73 Å². The lowest BCUT2D eigenvalue weighted by Gasteiger charge is -2.43. The minimum atomic E-state index is -0.0858. The first-order valence-electron chi connectivity index (χ1n) is 5.18. The third-order valence-corrected chi connectivity index (χ3v) is 3.01. The average Bonchev–Trinajstić information content (AvgIpc) is 2.08. The van der Waals surface area contributed by atoms with E-state index in [4.69, 9.17) is 10.8 Å². The molecule has 1 heterocycles. The summed E-state index contributed by atoms with van der Waals surface area (Å²) < 4.78 is 0. The lowest BCUT2D eigenvalue weighted by Crippen LogP contribution is -2.52. The highest BCUT2D eigenvalue weighted by Crippen LogP contribution is 2.26. The molecule has 1 fully saturated rings. The van der Waals surface area contributed by atoms with Crippen molar-refractivity contribution < 1.29 is 5.11 Å². The first kappa shape index (κ1) is 11.0. The number of nitrogens with zero attached hydrogens (tertiary/aromatic N) is 1. The number of piperidine rings is 1. The average molecular weight is 186 g/mol. The third kappa shape index (κ3) is 2.93. The summed E-state index contributed by atoms with van der Waals surface area (Å²) >= 11 is 0. The molecule has 0 bridgehead atoms. The Bertz CT molecular complexity index is 159. The molecule has 0 spiro atoms. The summed E-state index contributed by atoms with van der Waals surface area (Å²) in [5, 5.41) is 8.88. The van der Waals surface area contributed by atoms with Crippen LogP contribution >= 0.6 is 0 Å². The zero-order valence-corrected chi connectivity index (χ0v) is 8.79. The van der Waals surface area contributed by atoms with Crippen molar-refractivity contribution in [1.29, 1.82) is 0 Å². The van der Waals surface area contributed by atoms with Crippen LogP contribution in [0.25, 0.3) is 0 Å². The van der Waals surface area contributed by atoms with Gasteiger partial charge in [-0.15, -0.1) is 0 Å². The summed E-state index contributed by atoms with van der Waals surface area (Å²) in [7, 11) is 0. The van der Waals surface area contributed by atoms with Gasteiger partial charge in [0.2, 0.25) is 0 Å². The molecule has 1 rings (SSSR count). The Morgan fingerprint density at radius 2 is 2.15 bits per heavy atom. The third-order valence-electron chi connectivity index (χ3n) is 3.01. The summed E-state index contributed by atoms with van der Waals surface area (Å²) in [5.74, 6) is 0. The monoisotopic (exact) mass is 186 g/mol. The van der Waals surface area contributed by atoms with Gasteiger partial charge in [-0.3, -0.25) is 4.90 Å². The van der Waals surface area contributed by atoms with Crippen LogP contribution in [0.2, 0.25) is 0 Å². The maximum atomic E-state index is 8.88. The van der Waals surface area contributed by atoms with Gasteiger partial charge in [0.25, 0.3) is 0 Å². The Morgan fingerprint density at radius 1 is 1.46 bits per heavy atom. The minimum Gasteiger partial charge on any atom is -0.395 e. The molecule has 0 aromatic heterocycles. The Hall–Kier alpha value is -0.120. The number of rotatable bonds is 3. The number of aliphatic hydroxyl groups is 1. The molecule has 0 saturated carbocycles. The van der Waals surface area contributed by atoms with Crippen molar-refractivity contribution in [2.24, 2.45) is 5.73 Å². The van der Waals surface area contributed by atoms with Crippen LogP contribution in [0.15, 0.2) is 0 Å². The number of hydrogen-bond acceptors (Lipinski definition) is 3. The van der Waals surface area contributed by atoms with Gasteiger partial charge in [-0.2, -0.15) is 0 Å². The summed E-state index contributed by atoms with van der Waals surface area (Å²) in [6.07, 6.45) is 3.82. The molecule has 1 aliphatic rings. The van der Waals surface area contributed by atoms with Gasteiger partial charge in [0, 0.05) is 18.1 Å². The smallest absolute Gasteiger partial charge is 0.0595 e. The van der Waals surface area contributed by atoms with Crippen LogP contribution in [0, 0.1) is 0 Å². The normalized spacial score (nSPS) is 25.8. The van der Waals surface area contributed by atoms with Crippen LogP contribution in [0.1, 0.15) is 33.1 Å². The van der Waals surface area contributed by atoms with Crippen LogP contribution in [-0.2, 0) is 0 Å². The van der Waals surface area contributed by atoms with Crippen LogP contribution in [0.5, 0.6) is 0 Å². The summed E-state index contributed by atoms with van der Waals surface area (Å²) in [5.41, 5.74) is 6.00. The highest BCUT2D eigenvalue weighted by molar-refractivity contribution is 4.87. The molecule has 0 amide bonds. The predicted octanol–water partition coefficient (Wildman–Crippen LogP) is 0.571. The van der Waals surface area contributed by atoms with E-state index in [1.165, 1.54) is 19.3 Å². The second-order valence-electron chi connectivity index (χ2n) is 4.66. The van der Waals surface area contributed by atoms with E-state index in [1.807, 2.05) is 0 Å². The van der Waals surface area contributed by atoms with Crippen molar-refractivity contribution >= 4 is 0 Å². The summed E-state index contributed by atoms with van der Waals surface area (Å²) in [4.78, 5) is 2.40. The van der Waals surface area contributed by atoms with Crippen molar-refractivity contribution in [1.82, 2.24) is 4.90 Å². The van der Waals surface area contributed by atoms with E-state index in [0.717, 1.165) is 13.1 Å². The molecule has 3 N–H and O–H groups in total. The fourth-order valence-corrected chi connectivity index (χ4v) is 2.00. The van der Waals surface area contributed by atoms with Gasteiger partial charge >= 0.3 is 0 Å². The van der Waals surface area contributed by atoms with Gasteiger partial charge in [0.1, 0.15) is 0 Å². The minimum absolute atomic E-state index is 0.0858. The molecule has 1 saturated heterocycles. The zero-order valence-electron chi connectivity index (χ0n) is 8.79. The number of hydrogen-bond donors (Lipinski definition) is 2. The first-order valence-corrected chi connectivity index (χ1v) is 5.18. The molecule has 0 aliphatic carbocycles. The quantitative estimate of drug-likeness (QED) is 0.677. The Labute approximate surface area is 80.9 Å². The maximum absolute atomic E-state index is 8.88. The zero-order chi connectivity index (χ0) is 9.90. The lowest BCUT2D eigenvalue weighted by atomic mass is 9.90. The van der Waals surface area contributed by atoms with Gasteiger partial charge in [-0.05, 0) is 33.2 Å². The lowest BCUT2D eigenvalue weighted by molar-refractivity contribution is 0.0629. The molecule has 1 unspecified atom stereocenters. The van der Waals surface area contributed by atoms with E-state index in [-0.39, 0.29) is 18.2 Å². The Kier molecular flexibility index (Phi) is 3.71. The van der Waals surface area contributed by atoms with Crippen molar-refractivity contribution in [3.8, 4) is 0 Å². The van der Waals surface area contributed by atoms with Crippen LogP contribution in [0.4, 0.5) is 0 Å². The second-order valence-corrected chi connectivity index (χ2v) is 4.66. The second kappa shape index (κ2) is 4.40. The number of nitrogens with two attached hydrogens (primary N) is 1. The van der Waals surface area contributed by atoms with Crippen LogP contribution in [0.3, 0.4) is 0 Å². The predicted molar refractivity (Wildman–Crippen MR) is 54.6 cm³/mol. The molecule has 3 heteroatoms. The molecule has 0 aromatic rings. The van der Waals surface area contributed by atoms with Crippen molar-refractivity contribution in [2.45, 2.75) is 44.7 Å². The molecule has 78 valence electrons. The Morgan fingerprint density at radius 3 is 2.69 bits per heavy atom. The van der Waals surface area contributed by atoms with Crippen molar-refractivity contribution in [3.05, 3.63) is 0 Å². The largest absolute Gasteiger partial charge is 0.395 e. The molecule has 0 aromatic carbocycles. The van der Waals surface area contributed by atoms with Crippen LogP contribution in [-0.4, -0.2) is 41.3 Å². The van der Waals surface area contributed by atoms with E-state index in [1.54, 1.807) is 0 Å². The number of likely N-dealkylation sites (tertiary alicyclic amines) is 1. The van der Waals surface area contributed by atoms with Crippen molar-refractivity contribution in [3.63, 3.8) is 0 Å². The van der Waals surface area contributed by atoms with E-state index in [9.17, 15) is 0 Å². The van der Waals surface area contributed by atoms with Gasteiger partial charge in [0.15, 0.2) is 0 Å². The van der Waals surface area contributed by atoms with Gasteiger partial charge in [-0.1, -0.05) is 6.42 Å². The van der Waals surface area contributed by atoms with E-state index >= 15 is 0 Å². The van der Waals surface area contributed by atoms with E-state index in [0.29, 0.717) is 0 Å². The SMILES string of the molecule is CC1(C)CCCCN1CC(N)CO. The molecule has 13 heavy (non-hydrogen) atoms. The van der Waals surface area contributed by atoms with Gasteiger partial charge < -0.3 is 10.8 Å². The number of aliphatic hydroxyl groups excluding tert-OH is 1. The molecule has 0 radical (unpaired) electrons. The maximum Gasteiger partial charge on any atom is 0.0595 e. The summed E-state index contributed by atoms with van der Waals surface area (Å²) in [6, 6.07) is -0.0858. The fraction of sp³-hybridized carbons (Fsp3) is 1.00. The Balaban J connectivity index is 2.46. The first-order chi connectivity index (χ1) is 6.06.